The number of nitrogens with zero attached hydrogens (tertiary/aromatic N) is 2. The van der Waals surface area contributed by atoms with Gasteiger partial charge in [0.2, 0.25) is 0 Å². The molecule has 31 heavy (non-hydrogen) atoms. The van der Waals surface area contributed by atoms with E-state index >= 15 is 0 Å². The van der Waals surface area contributed by atoms with Crippen molar-refractivity contribution in [1.29, 1.82) is 0 Å². The van der Waals surface area contributed by atoms with Gasteiger partial charge in [0.1, 0.15) is 17.6 Å². The first kappa shape index (κ1) is 21.6. The fourth-order valence-corrected chi connectivity index (χ4v) is 4.53. The van der Waals surface area contributed by atoms with Crippen molar-refractivity contribution < 1.29 is 23.5 Å². The Morgan fingerprint density at radius 2 is 2.10 bits per heavy atom. The monoisotopic (exact) mass is 429 g/mol. The van der Waals surface area contributed by atoms with Crippen LogP contribution in [0, 0.1) is 19.3 Å². The van der Waals surface area contributed by atoms with E-state index in [2.05, 4.69) is 5.32 Å². The van der Waals surface area contributed by atoms with Gasteiger partial charge < -0.3 is 19.2 Å². The molecule has 168 valence electrons. The molecule has 2 aromatic heterocycles. The number of rotatable bonds is 6. The van der Waals surface area contributed by atoms with Crippen LogP contribution < -0.4 is 5.32 Å². The molecule has 2 aliphatic rings. The largest absolute Gasteiger partial charge is 0.468 e. The van der Waals surface area contributed by atoms with Gasteiger partial charge in [0, 0.05) is 38.3 Å². The number of ether oxygens (including phenoxy) is 2. The predicted octanol–water partition coefficient (Wildman–Crippen LogP) is 2.99. The molecule has 0 aromatic carbocycles. The van der Waals surface area contributed by atoms with Crippen molar-refractivity contribution >= 4 is 11.9 Å². The lowest BCUT2D eigenvalue weighted by molar-refractivity contribution is 0.0152. The first-order valence-corrected chi connectivity index (χ1v) is 11.1. The molecule has 4 heterocycles. The Balaban J connectivity index is 1.46. The number of fused-ring (bicyclic) bond motifs is 1. The molecule has 1 N–H and O–H groups in total. The molecular weight excluding hydrogens is 398 g/mol. The summed E-state index contributed by atoms with van der Waals surface area (Å²) in [5.74, 6) is 0.320. The minimum Gasteiger partial charge on any atom is -0.468 e. The molecule has 0 unspecified atom stereocenters. The van der Waals surface area contributed by atoms with E-state index in [1.807, 2.05) is 25.5 Å². The summed E-state index contributed by atoms with van der Waals surface area (Å²) in [6.45, 7) is 8.69. The summed E-state index contributed by atoms with van der Waals surface area (Å²) in [5, 5.41) is 7.87. The summed E-state index contributed by atoms with van der Waals surface area (Å²) in [6.07, 6.45) is 5.44. The molecule has 1 amide bonds. The summed E-state index contributed by atoms with van der Waals surface area (Å²) in [5.41, 5.74) is 3.86. The van der Waals surface area contributed by atoms with Gasteiger partial charge in [-0.1, -0.05) is 6.92 Å². The zero-order chi connectivity index (χ0) is 22.0. The van der Waals surface area contributed by atoms with Crippen LogP contribution in [0.15, 0.2) is 10.7 Å². The molecule has 2 aromatic rings. The van der Waals surface area contributed by atoms with Gasteiger partial charge in [0.25, 0.3) is 5.91 Å². The Hall–Kier alpha value is -2.61. The molecule has 0 aliphatic carbocycles. The Morgan fingerprint density at radius 1 is 1.32 bits per heavy atom. The van der Waals surface area contributed by atoms with E-state index < -0.39 is 0 Å². The zero-order valence-electron chi connectivity index (χ0n) is 18.6. The van der Waals surface area contributed by atoms with Gasteiger partial charge >= 0.3 is 5.97 Å². The van der Waals surface area contributed by atoms with E-state index in [0.29, 0.717) is 31.5 Å². The minimum atomic E-state index is -0.372. The highest BCUT2D eigenvalue weighted by Gasteiger charge is 2.39. The number of esters is 1. The second-order valence-electron chi connectivity index (χ2n) is 8.64. The predicted molar refractivity (Wildman–Crippen MR) is 113 cm³/mol. The second kappa shape index (κ2) is 8.86. The van der Waals surface area contributed by atoms with Crippen molar-refractivity contribution in [2.45, 2.75) is 59.4 Å². The number of hydrogen-bond acceptors (Lipinski definition) is 6. The number of aryl methyl sites for hydroxylation is 3. The highest BCUT2D eigenvalue weighted by Crippen LogP contribution is 2.37. The smallest absolute Gasteiger partial charge is 0.341 e. The van der Waals surface area contributed by atoms with Crippen LogP contribution in [0.25, 0.3) is 0 Å². The van der Waals surface area contributed by atoms with Crippen LogP contribution in [-0.4, -0.2) is 48.0 Å². The van der Waals surface area contributed by atoms with Crippen LogP contribution in [-0.2, 0) is 28.9 Å². The highest BCUT2D eigenvalue weighted by atomic mass is 16.5. The van der Waals surface area contributed by atoms with Gasteiger partial charge in [-0.25, -0.2) is 4.79 Å². The number of nitrogens with one attached hydrogen (secondary N) is 1. The number of carbonyl (C=O) groups excluding carboxylic acids is 2. The SMILES string of the molecule is CCc1nn(CCCOC(=O)c2coc(C)c2C)c2c1C(=O)NCC1(CCOCC1)C2. The summed E-state index contributed by atoms with van der Waals surface area (Å²) in [6, 6.07) is 0. The molecule has 8 heteroatoms. The number of furan rings is 1. The molecule has 2 aliphatic heterocycles. The number of aromatic nitrogens is 2. The van der Waals surface area contributed by atoms with E-state index in [-0.39, 0.29) is 23.9 Å². The van der Waals surface area contributed by atoms with Crippen molar-refractivity contribution in [2.75, 3.05) is 26.4 Å². The average molecular weight is 430 g/mol. The standard InChI is InChI=1S/C23H31N3O5/c1-4-18-20-19(12-23(14-24-21(20)27)6-10-29-11-7-23)26(25-18)8-5-9-30-22(28)17-13-31-16(3)15(17)2/h13H,4-12,14H2,1-3H3,(H,24,27). The van der Waals surface area contributed by atoms with Crippen molar-refractivity contribution in [2.24, 2.45) is 5.41 Å². The highest BCUT2D eigenvalue weighted by molar-refractivity contribution is 5.97. The third kappa shape index (κ3) is 4.26. The molecule has 0 saturated carbocycles. The lowest BCUT2D eigenvalue weighted by Crippen LogP contribution is -2.40. The molecule has 0 radical (unpaired) electrons. The molecule has 0 atom stereocenters. The maximum Gasteiger partial charge on any atom is 0.341 e. The first-order valence-electron chi connectivity index (χ1n) is 11.1. The Morgan fingerprint density at radius 3 is 2.77 bits per heavy atom. The van der Waals surface area contributed by atoms with Crippen LogP contribution in [0.3, 0.4) is 0 Å². The molecule has 8 nitrogen and oxygen atoms in total. The van der Waals surface area contributed by atoms with Gasteiger partial charge in [-0.2, -0.15) is 5.10 Å². The maximum atomic E-state index is 12.9. The van der Waals surface area contributed by atoms with E-state index in [9.17, 15) is 9.59 Å². The Labute approximate surface area is 182 Å². The van der Waals surface area contributed by atoms with Crippen LogP contribution in [0.4, 0.5) is 0 Å². The summed E-state index contributed by atoms with van der Waals surface area (Å²) >= 11 is 0. The average Bonchev–Trinajstić information content (AvgIpc) is 3.25. The number of amides is 1. The van der Waals surface area contributed by atoms with Crippen LogP contribution in [0.1, 0.15) is 69.6 Å². The number of hydrogen-bond donors (Lipinski definition) is 1. The fraction of sp³-hybridized carbons (Fsp3) is 0.609. The van der Waals surface area contributed by atoms with E-state index in [1.54, 1.807) is 0 Å². The molecule has 0 bridgehead atoms. The van der Waals surface area contributed by atoms with Gasteiger partial charge in [-0.05, 0) is 44.9 Å². The normalized spacial score (nSPS) is 17.8. The third-order valence-electron chi connectivity index (χ3n) is 6.66. The quantitative estimate of drug-likeness (QED) is 0.560. The molecule has 4 rings (SSSR count). The van der Waals surface area contributed by atoms with Crippen LogP contribution >= 0.6 is 0 Å². The van der Waals surface area contributed by atoms with Crippen molar-refractivity contribution in [3.05, 3.63) is 40.1 Å². The summed E-state index contributed by atoms with van der Waals surface area (Å²) < 4.78 is 18.2. The van der Waals surface area contributed by atoms with Crippen molar-refractivity contribution in [3.63, 3.8) is 0 Å². The third-order valence-corrected chi connectivity index (χ3v) is 6.66. The van der Waals surface area contributed by atoms with E-state index in [0.717, 1.165) is 60.8 Å². The maximum absolute atomic E-state index is 12.9. The van der Waals surface area contributed by atoms with Gasteiger partial charge in [-0.3, -0.25) is 9.48 Å². The lowest BCUT2D eigenvalue weighted by Gasteiger charge is -2.36. The molecular formula is C23H31N3O5. The van der Waals surface area contributed by atoms with Crippen molar-refractivity contribution in [1.82, 2.24) is 15.1 Å². The minimum absolute atomic E-state index is 0.0189. The van der Waals surface area contributed by atoms with Crippen molar-refractivity contribution in [3.8, 4) is 0 Å². The Bertz CT molecular complexity index is 968. The summed E-state index contributed by atoms with van der Waals surface area (Å²) in [7, 11) is 0. The fourth-order valence-electron chi connectivity index (χ4n) is 4.53. The van der Waals surface area contributed by atoms with Gasteiger partial charge in [0.05, 0.1) is 23.6 Å². The number of carbonyl (C=O) groups is 2. The second-order valence-corrected chi connectivity index (χ2v) is 8.64. The van der Waals surface area contributed by atoms with Crippen LogP contribution in [0.2, 0.25) is 0 Å². The van der Waals surface area contributed by atoms with Gasteiger partial charge in [-0.15, -0.1) is 0 Å². The molecule has 1 spiro atoms. The zero-order valence-corrected chi connectivity index (χ0v) is 18.6. The summed E-state index contributed by atoms with van der Waals surface area (Å²) in [4.78, 5) is 25.2. The van der Waals surface area contributed by atoms with Gasteiger partial charge in [0.15, 0.2) is 0 Å². The van der Waals surface area contributed by atoms with E-state index in [1.165, 1.54) is 6.26 Å². The lowest BCUT2D eigenvalue weighted by atomic mass is 9.76. The van der Waals surface area contributed by atoms with Crippen LogP contribution in [0.5, 0.6) is 0 Å². The Kier molecular flexibility index (Phi) is 6.18. The first-order chi connectivity index (χ1) is 14.9. The van der Waals surface area contributed by atoms with E-state index in [4.69, 9.17) is 19.0 Å². The molecule has 1 saturated heterocycles. The topological polar surface area (TPSA) is 95.6 Å². The molecule has 1 fully saturated rings.